The molecule has 3 rings (SSSR count). The first-order valence-corrected chi connectivity index (χ1v) is 9.04. The molecule has 0 saturated heterocycles. The predicted octanol–water partition coefficient (Wildman–Crippen LogP) is 7.78. The zero-order valence-electron chi connectivity index (χ0n) is 14.3. The largest absolute Gasteiger partial charge is 0.103 e. The van der Waals surface area contributed by atoms with Crippen LogP contribution in [0.5, 0.6) is 0 Å². The fraction of sp³-hybridized carbons (Fsp3) is 0.417. The van der Waals surface area contributed by atoms with Crippen molar-refractivity contribution in [3.8, 4) is 11.1 Å². The first kappa shape index (κ1) is 18.5. The summed E-state index contributed by atoms with van der Waals surface area (Å²) in [6.45, 7) is 5.98. The van der Waals surface area contributed by atoms with Gasteiger partial charge in [-0.05, 0) is 74.0 Å². The Bertz CT molecular complexity index is 616. The normalized spacial score (nSPS) is 20.2. The number of hydrogen-bond acceptors (Lipinski definition) is 0. The summed E-state index contributed by atoms with van der Waals surface area (Å²) in [4.78, 5) is 0. The Morgan fingerprint density at radius 2 is 1.46 bits per heavy atom. The zero-order valence-corrected chi connectivity index (χ0v) is 14.3. The summed E-state index contributed by atoms with van der Waals surface area (Å²) in [5.74, 6) is 1.69. The van der Waals surface area contributed by atoms with E-state index in [9.17, 15) is 0 Å². The van der Waals surface area contributed by atoms with Gasteiger partial charge < -0.3 is 0 Å². The van der Waals surface area contributed by atoms with E-state index >= 15 is 0 Å². The smallest absolute Gasteiger partial charge is 0 e. The van der Waals surface area contributed by atoms with Crippen LogP contribution in [-0.2, 0) is 0 Å². The van der Waals surface area contributed by atoms with Gasteiger partial charge in [0, 0.05) is 1.43 Å². The second kappa shape index (κ2) is 8.87. The van der Waals surface area contributed by atoms with Gasteiger partial charge in [0.2, 0.25) is 0 Å². The highest BCUT2D eigenvalue weighted by Crippen LogP contribution is 2.38. The van der Waals surface area contributed by atoms with Gasteiger partial charge in [-0.25, -0.2) is 0 Å². The van der Waals surface area contributed by atoms with Crippen LogP contribution in [0.3, 0.4) is 0 Å². The van der Waals surface area contributed by atoms with Crippen molar-refractivity contribution in [2.75, 3.05) is 0 Å². The van der Waals surface area contributed by atoms with Crippen molar-refractivity contribution in [1.29, 1.82) is 0 Å². The molecule has 0 amide bonds. The first-order chi connectivity index (χ1) is 11.3. The van der Waals surface area contributed by atoms with E-state index in [2.05, 4.69) is 68.1 Å². The van der Waals surface area contributed by atoms with Gasteiger partial charge in [-0.1, -0.05) is 67.6 Å². The minimum absolute atomic E-state index is 0. The van der Waals surface area contributed by atoms with Crippen LogP contribution in [0.1, 0.15) is 64.4 Å². The predicted molar refractivity (Wildman–Crippen MR) is 110 cm³/mol. The second-order valence-electron chi connectivity index (χ2n) is 7.07. The van der Waals surface area contributed by atoms with Crippen LogP contribution >= 0.6 is 0 Å². The van der Waals surface area contributed by atoms with Gasteiger partial charge in [0.05, 0.1) is 0 Å². The molecule has 0 heterocycles. The first-order valence-electron chi connectivity index (χ1n) is 9.04. The fourth-order valence-electron chi connectivity index (χ4n) is 3.83. The van der Waals surface area contributed by atoms with Crippen molar-refractivity contribution in [2.24, 2.45) is 5.92 Å². The molecule has 0 unspecified atom stereocenters. The van der Waals surface area contributed by atoms with Crippen molar-refractivity contribution in [1.82, 2.24) is 0 Å². The van der Waals surface area contributed by atoms with Gasteiger partial charge in [-0.2, -0.15) is 0 Å². The minimum Gasteiger partial charge on any atom is -0.103 e. The summed E-state index contributed by atoms with van der Waals surface area (Å²) in [7, 11) is 0. The molecular formula is C24H34. The topological polar surface area (TPSA) is 0 Å². The Kier molecular flexibility index (Phi) is 6.85. The van der Waals surface area contributed by atoms with E-state index in [0.717, 1.165) is 11.8 Å². The molecule has 0 N–H and O–H groups in total. The molecule has 1 aliphatic rings. The molecule has 0 aliphatic heterocycles. The summed E-state index contributed by atoms with van der Waals surface area (Å²) in [6, 6.07) is 18.1. The Morgan fingerprint density at radius 3 is 2.00 bits per heavy atom. The SMILES string of the molecule is C.C=CCCC1CCC(c2ccc(-c3ccc(C)cc3)cc2)CC1.[HH]. The molecule has 2 aromatic rings. The van der Waals surface area contributed by atoms with E-state index < -0.39 is 0 Å². The molecule has 0 nitrogen and oxygen atoms in total. The average molecular weight is 323 g/mol. The number of aryl methyl sites for hydroxylation is 1. The zero-order chi connectivity index (χ0) is 16.1. The quantitative estimate of drug-likeness (QED) is 0.493. The van der Waals surface area contributed by atoms with Crippen molar-refractivity contribution < 1.29 is 1.43 Å². The number of rotatable bonds is 5. The maximum absolute atomic E-state index is 3.85. The monoisotopic (exact) mass is 322 g/mol. The van der Waals surface area contributed by atoms with Crippen molar-refractivity contribution >= 4 is 0 Å². The Hall–Kier alpha value is -1.82. The van der Waals surface area contributed by atoms with Crippen LogP contribution in [0.25, 0.3) is 11.1 Å². The van der Waals surface area contributed by atoms with E-state index in [1.807, 2.05) is 0 Å². The average Bonchev–Trinajstić information content (AvgIpc) is 2.61. The van der Waals surface area contributed by atoms with Gasteiger partial charge in [0.15, 0.2) is 0 Å². The molecule has 24 heavy (non-hydrogen) atoms. The van der Waals surface area contributed by atoms with Crippen LogP contribution in [0.2, 0.25) is 0 Å². The molecule has 2 aromatic carbocycles. The summed E-state index contributed by atoms with van der Waals surface area (Å²) in [5, 5.41) is 0. The lowest BCUT2D eigenvalue weighted by Crippen LogP contribution is -2.13. The third-order valence-electron chi connectivity index (χ3n) is 5.39. The van der Waals surface area contributed by atoms with Crippen molar-refractivity contribution in [3.63, 3.8) is 0 Å². The molecule has 0 aromatic heterocycles. The summed E-state index contributed by atoms with van der Waals surface area (Å²) >= 11 is 0. The summed E-state index contributed by atoms with van der Waals surface area (Å²) in [6.07, 6.45) is 10.1. The Morgan fingerprint density at radius 1 is 0.917 bits per heavy atom. The van der Waals surface area contributed by atoms with E-state index in [4.69, 9.17) is 0 Å². The van der Waals surface area contributed by atoms with Crippen LogP contribution in [0.15, 0.2) is 61.2 Å². The van der Waals surface area contributed by atoms with Crippen LogP contribution in [0, 0.1) is 12.8 Å². The lowest BCUT2D eigenvalue weighted by Gasteiger charge is -2.28. The highest BCUT2D eigenvalue weighted by Gasteiger charge is 2.21. The summed E-state index contributed by atoms with van der Waals surface area (Å²) < 4.78 is 0. The van der Waals surface area contributed by atoms with Gasteiger partial charge >= 0.3 is 0 Å². The molecule has 0 heteroatoms. The van der Waals surface area contributed by atoms with E-state index in [1.54, 1.807) is 0 Å². The fourth-order valence-corrected chi connectivity index (χ4v) is 3.83. The molecule has 0 atom stereocenters. The van der Waals surface area contributed by atoms with Gasteiger partial charge in [0.1, 0.15) is 0 Å². The van der Waals surface area contributed by atoms with Gasteiger partial charge in [-0.15, -0.1) is 6.58 Å². The van der Waals surface area contributed by atoms with Crippen LogP contribution < -0.4 is 0 Å². The summed E-state index contributed by atoms with van der Waals surface area (Å²) in [5.41, 5.74) is 5.49. The standard InChI is InChI=1S/C23H28.CH4.H2/c1-3-4-5-19-8-12-21(13-9-19)23-16-14-22(15-17-23)20-10-6-18(2)7-11-20;;/h3,6-7,10-11,14-17,19,21H,1,4-5,8-9,12-13H2,2H3;1H4;1H. The Labute approximate surface area is 150 Å². The molecule has 1 saturated carbocycles. The molecule has 1 fully saturated rings. The van der Waals surface area contributed by atoms with E-state index in [0.29, 0.717) is 0 Å². The van der Waals surface area contributed by atoms with E-state index in [-0.39, 0.29) is 8.85 Å². The number of allylic oxidation sites excluding steroid dienone is 1. The molecular weight excluding hydrogens is 288 g/mol. The van der Waals surface area contributed by atoms with Crippen LogP contribution in [0.4, 0.5) is 0 Å². The lowest BCUT2D eigenvalue weighted by molar-refractivity contribution is 0.312. The third kappa shape index (κ3) is 4.60. The lowest BCUT2D eigenvalue weighted by atomic mass is 9.77. The van der Waals surface area contributed by atoms with Gasteiger partial charge in [-0.3, -0.25) is 0 Å². The van der Waals surface area contributed by atoms with Crippen LogP contribution in [-0.4, -0.2) is 0 Å². The highest BCUT2D eigenvalue weighted by molar-refractivity contribution is 5.64. The number of hydrogen-bond donors (Lipinski definition) is 0. The molecule has 0 bridgehead atoms. The number of benzene rings is 2. The molecule has 0 radical (unpaired) electrons. The molecule has 1 aliphatic carbocycles. The maximum atomic E-state index is 3.85. The minimum atomic E-state index is 0. The third-order valence-corrected chi connectivity index (χ3v) is 5.39. The highest BCUT2D eigenvalue weighted by atomic mass is 14.3. The second-order valence-corrected chi connectivity index (χ2v) is 7.07. The van der Waals surface area contributed by atoms with Crippen molar-refractivity contribution in [2.45, 2.75) is 58.8 Å². The maximum Gasteiger partial charge on any atom is 0 e. The van der Waals surface area contributed by atoms with Crippen molar-refractivity contribution in [3.05, 3.63) is 72.3 Å². The Balaban J connectivity index is 0.00000156. The molecule has 130 valence electrons. The van der Waals surface area contributed by atoms with E-state index in [1.165, 1.54) is 60.8 Å². The molecule has 0 spiro atoms. The van der Waals surface area contributed by atoms with Gasteiger partial charge in [0.25, 0.3) is 0 Å².